The Balaban J connectivity index is 4.56. The highest BCUT2D eigenvalue weighted by atomic mass is 16.6. The summed E-state index contributed by atoms with van der Waals surface area (Å²) in [6.45, 7) is 8.66. The van der Waals surface area contributed by atoms with Crippen molar-refractivity contribution < 1.29 is 29.0 Å². The van der Waals surface area contributed by atoms with Gasteiger partial charge in [0.05, 0.1) is 6.04 Å². The molecule has 0 unspecified atom stereocenters. The van der Waals surface area contributed by atoms with Crippen LogP contribution in [0.15, 0.2) is 0 Å². The first kappa shape index (κ1) is 25.6. The molecule has 0 radical (unpaired) electrons. The van der Waals surface area contributed by atoms with Crippen LogP contribution in [0, 0.1) is 5.92 Å². The molecular weight excluding hydrogens is 368 g/mol. The second-order valence-corrected chi connectivity index (χ2v) is 7.87. The molecule has 0 aromatic carbocycles. The number of carbonyl (C=O) groups is 4. The molecule has 0 bridgehead atoms. The smallest absolute Gasteiger partial charge is 0.407 e. The largest absolute Gasteiger partial charge is 0.480 e. The Bertz CT molecular complexity index is 545. The molecule has 0 aliphatic rings. The molecule has 28 heavy (non-hydrogen) atoms. The van der Waals surface area contributed by atoms with Crippen molar-refractivity contribution in [3.63, 3.8) is 0 Å². The molecule has 0 aromatic rings. The third kappa shape index (κ3) is 12.1. The maximum atomic E-state index is 12.2. The number of nitrogens with one attached hydrogen (secondary N) is 3. The van der Waals surface area contributed by atoms with E-state index in [9.17, 15) is 19.2 Å². The van der Waals surface area contributed by atoms with Crippen LogP contribution < -0.4 is 21.7 Å². The van der Waals surface area contributed by atoms with Gasteiger partial charge in [0.2, 0.25) is 11.8 Å². The third-order valence-electron chi connectivity index (χ3n) is 3.66. The summed E-state index contributed by atoms with van der Waals surface area (Å²) in [6, 6.07) is -1.68. The van der Waals surface area contributed by atoms with Gasteiger partial charge in [-0.2, -0.15) is 0 Å². The van der Waals surface area contributed by atoms with Crippen LogP contribution in [-0.4, -0.2) is 59.8 Å². The molecule has 0 saturated carbocycles. The lowest BCUT2D eigenvalue weighted by Gasteiger charge is -2.22. The normalized spacial score (nSPS) is 13.4. The van der Waals surface area contributed by atoms with Gasteiger partial charge in [0, 0.05) is 6.54 Å². The van der Waals surface area contributed by atoms with Crippen molar-refractivity contribution in [3.8, 4) is 0 Å². The molecule has 0 aliphatic carbocycles. The second kappa shape index (κ2) is 12.2. The van der Waals surface area contributed by atoms with E-state index < -0.39 is 48.1 Å². The maximum Gasteiger partial charge on any atom is 0.407 e. The van der Waals surface area contributed by atoms with E-state index in [4.69, 9.17) is 15.6 Å². The summed E-state index contributed by atoms with van der Waals surface area (Å²) in [5.74, 6) is -2.36. The zero-order chi connectivity index (χ0) is 21.9. The lowest BCUT2D eigenvalue weighted by atomic mass is 10.0. The molecule has 0 aromatic heterocycles. The molecule has 162 valence electrons. The lowest BCUT2D eigenvalue weighted by molar-refractivity contribution is -0.138. The van der Waals surface area contributed by atoms with E-state index in [1.54, 1.807) is 34.6 Å². The number of hydrogen-bond acceptors (Lipinski definition) is 6. The number of unbranched alkanes of at least 4 members (excludes halogenated alkanes) is 1. The summed E-state index contributed by atoms with van der Waals surface area (Å²) < 4.78 is 5.12. The average Bonchev–Trinajstić information content (AvgIpc) is 2.55. The average molecular weight is 402 g/mol. The summed E-state index contributed by atoms with van der Waals surface area (Å²) in [7, 11) is 0. The van der Waals surface area contributed by atoms with Crippen LogP contribution in [-0.2, 0) is 19.1 Å². The molecular formula is C18H34N4O6. The monoisotopic (exact) mass is 402 g/mol. The van der Waals surface area contributed by atoms with Gasteiger partial charge in [0.25, 0.3) is 0 Å². The number of nitrogens with two attached hydrogens (primary N) is 1. The topological polar surface area (TPSA) is 160 Å². The van der Waals surface area contributed by atoms with Crippen LogP contribution in [0.2, 0.25) is 0 Å². The van der Waals surface area contributed by atoms with Crippen LogP contribution in [0.25, 0.3) is 0 Å². The highest BCUT2D eigenvalue weighted by molar-refractivity contribution is 5.91. The first-order valence-corrected chi connectivity index (χ1v) is 9.35. The Morgan fingerprint density at radius 3 is 2.14 bits per heavy atom. The van der Waals surface area contributed by atoms with Crippen LogP contribution in [0.4, 0.5) is 4.79 Å². The van der Waals surface area contributed by atoms with Gasteiger partial charge in [0.15, 0.2) is 0 Å². The quantitative estimate of drug-likeness (QED) is 0.312. The predicted molar refractivity (Wildman–Crippen MR) is 103 cm³/mol. The van der Waals surface area contributed by atoms with E-state index in [0.29, 0.717) is 19.4 Å². The van der Waals surface area contributed by atoms with Gasteiger partial charge >= 0.3 is 12.1 Å². The van der Waals surface area contributed by atoms with Gasteiger partial charge in [-0.15, -0.1) is 0 Å². The van der Waals surface area contributed by atoms with Gasteiger partial charge in [-0.05, 0) is 46.0 Å². The van der Waals surface area contributed by atoms with Crippen molar-refractivity contribution in [1.82, 2.24) is 16.0 Å². The molecule has 0 rings (SSSR count). The van der Waals surface area contributed by atoms with E-state index >= 15 is 0 Å². The Kier molecular flexibility index (Phi) is 11.1. The molecule has 0 heterocycles. The lowest BCUT2D eigenvalue weighted by Crippen LogP contribution is -2.53. The number of carbonyl (C=O) groups excluding carboxylic acids is 3. The fourth-order valence-corrected chi connectivity index (χ4v) is 2.10. The highest BCUT2D eigenvalue weighted by Crippen LogP contribution is 2.07. The SMILES string of the molecule is CC(C)[C@H](N)C(=O)N[C@@H](CCCCNC(=O)OC(C)(C)C)C(=O)NCC(=O)O. The number of carboxylic acids is 1. The minimum atomic E-state index is -1.18. The first-order valence-electron chi connectivity index (χ1n) is 9.35. The fourth-order valence-electron chi connectivity index (χ4n) is 2.10. The minimum absolute atomic E-state index is 0.110. The fraction of sp³-hybridized carbons (Fsp3) is 0.778. The Morgan fingerprint density at radius 1 is 1.04 bits per heavy atom. The molecule has 10 heteroatoms. The maximum absolute atomic E-state index is 12.2. The predicted octanol–water partition coefficient (Wildman–Crippen LogP) is 0.350. The Hall–Kier alpha value is -2.36. The molecule has 6 N–H and O–H groups in total. The number of rotatable bonds is 11. The number of alkyl carbamates (subject to hydrolysis) is 1. The number of ether oxygens (including phenoxy) is 1. The second-order valence-electron chi connectivity index (χ2n) is 7.87. The molecule has 3 amide bonds. The van der Waals surface area contributed by atoms with E-state index in [0.717, 1.165) is 0 Å². The van der Waals surface area contributed by atoms with Gasteiger partial charge in [-0.25, -0.2) is 4.79 Å². The van der Waals surface area contributed by atoms with E-state index in [-0.39, 0.29) is 12.3 Å². The minimum Gasteiger partial charge on any atom is -0.480 e. The Morgan fingerprint density at radius 2 is 1.64 bits per heavy atom. The van der Waals surface area contributed by atoms with Crippen LogP contribution in [0.3, 0.4) is 0 Å². The molecule has 0 fully saturated rings. The van der Waals surface area contributed by atoms with Gasteiger partial charge in [0.1, 0.15) is 18.2 Å². The van der Waals surface area contributed by atoms with Crippen LogP contribution in [0.1, 0.15) is 53.9 Å². The van der Waals surface area contributed by atoms with E-state index in [1.165, 1.54) is 0 Å². The van der Waals surface area contributed by atoms with Gasteiger partial charge in [-0.1, -0.05) is 13.8 Å². The molecule has 0 saturated heterocycles. The standard InChI is InChI=1S/C18H34N4O6/c1-11(2)14(19)16(26)22-12(15(25)21-10-13(23)24)8-6-7-9-20-17(27)28-18(3,4)5/h11-12,14H,6-10,19H2,1-5H3,(H,20,27)(H,21,25)(H,22,26)(H,23,24)/t12-,14-/m0/s1. The van der Waals surface area contributed by atoms with Crippen molar-refractivity contribution in [2.24, 2.45) is 11.7 Å². The highest BCUT2D eigenvalue weighted by Gasteiger charge is 2.25. The molecule has 0 aliphatic heterocycles. The van der Waals surface area contributed by atoms with Crippen molar-refractivity contribution >= 4 is 23.9 Å². The number of aliphatic carboxylic acids is 1. The zero-order valence-corrected chi connectivity index (χ0v) is 17.3. The van der Waals surface area contributed by atoms with E-state index in [2.05, 4.69) is 16.0 Å². The summed E-state index contributed by atoms with van der Waals surface area (Å²) >= 11 is 0. The van der Waals surface area contributed by atoms with Gasteiger partial charge in [-0.3, -0.25) is 14.4 Å². The van der Waals surface area contributed by atoms with Crippen LogP contribution >= 0.6 is 0 Å². The number of amides is 3. The first-order chi connectivity index (χ1) is 12.8. The van der Waals surface area contributed by atoms with Crippen LogP contribution in [0.5, 0.6) is 0 Å². The summed E-state index contributed by atoms with van der Waals surface area (Å²) in [5.41, 5.74) is 5.20. The van der Waals surface area contributed by atoms with Crippen molar-refractivity contribution in [2.75, 3.05) is 13.1 Å². The molecule has 10 nitrogen and oxygen atoms in total. The molecule has 2 atom stereocenters. The summed E-state index contributed by atoms with van der Waals surface area (Å²) in [4.78, 5) is 46.5. The Labute approximate surface area is 165 Å². The molecule has 0 spiro atoms. The third-order valence-corrected chi connectivity index (χ3v) is 3.66. The zero-order valence-electron chi connectivity index (χ0n) is 17.3. The summed E-state index contributed by atoms with van der Waals surface area (Å²) in [5, 5.41) is 16.1. The summed E-state index contributed by atoms with van der Waals surface area (Å²) in [6.07, 6.45) is 0.809. The van der Waals surface area contributed by atoms with Crippen molar-refractivity contribution in [2.45, 2.75) is 71.6 Å². The van der Waals surface area contributed by atoms with Gasteiger partial charge < -0.3 is 31.5 Å². The number of carboxylic acid groups (broad SMARTS) is 1. The van der Waals surface area contributed by atoms with Crippen molar-refractivity contribution in [3.05, 3.63) is 0 Å². The van der Waals surface area contributed by atoms with E-state index in [1.807, 2.05) is 0 Å². The number of hydrogen-bond donors (Lipinski definition) is 5. The van der Waals surface area contributed by atoms with Crippen molar-refractivity contribution in [1.29, 1.82) is 0 Å².